The van der Waals surface area contributed by atoms with Crippen LogP contribution in [0.15, 0.2) is 39.5 Å². The van der Waals surface area contributed by atoms with Gasteiger partial charge < -0.3 is 19.5 Å². The van der Waals surface area contributed by atoms with Crippen LogP contribution in [-0.2, 0) is 0 Å². The molecular formula is C16H13F2NO5. The number of aliphatic hydroxyl groups excluding tert-OH is 1. The Morgan fingerprint density at radius 2 is 2.00 bits per heavy atom. The first-order valence-corrected chi connectivity index (χ1v) is 7.13. The minimum atomic E-state index is -0.939. The third-order valence-corrected chi connectivity index (χ3v) is 3.82. The monoisotopic (exact) mass is 337 g/mol. The van der Waals surface area contributed by atoms with E-state index in [0.29, 0.717) is 0 Å². The number of nitrogens with zero attached hydrogens (tertiary/aromatic N) is 1. The van der Waals surface area contributed by atoms with Gasteiger partial charge in [-0.3, -0.25) is 4.79 Å². The molecule has 1 aliphatic heterocycles. The maximum atomic E-state index is 14.0. The Labute approximate surface area is 134 Å². The summed E-state index contributed by atoms with van der Waals surface area (Å²) in [5, 5.41) is 19.3. The maximum Gasteiger partial charge on any atom is 0.340 e. The van der Waals surface area contributed by atoms with Crippen molar-refractivity contribution >= 4 is 5.91 Å². The van der Waals surface area contributed by atoms with Crippen LogP contribution in [-0.4, -0.2) is 33.7 Å². The molecule has 2 aromatic rings. The number of aromatic hydroxyl groups is 1. The van der Waals surface area contributed by atoms with Crippen LogP contribution < -0.4 is 5.63 Å². The van der Waals surface area contributed by atoms with E-state index in [1.54, 1.807) is 0 Å². The Kier molecular flexibility index (Phi) is 4.06. The Bertz CT molecular complexity index is 851. The number of amides is 1. The molecule has 2 atom stereocenters. The molecule has 2 heterocycles. The summed E-state index contributed by atoms with van der Waals surface area (Å²) in [6.45, 7) is -0.140. The summed E-state index contributed by atoms with van der Waals surface area (Å²) < 4.78 is 32.2. The summed E-state index contributed by atoms with van der Waals surface area (Å²) in [4.78, 5) is 24.9. The van der Waals surface area contributed by atoms with Gasteiger partial charge in [-0.1, -0.05) is 0 Å². The third kappa shape index (κ3) is 3.00. The highest BCUT2D eigenvalue weighted by Crippen LogP contribution is 2.35. The number of carbonyl (C=O) groups is 1. The van der Waals surface area contributed by atoms with Crippen LogP contribution in [0.5, 0.6) is 5.75 Å². The molecule has 2 N–H and O–H groups in total. The highest BCUT2D eigenvalue weighted by molar-refractivity contribution is 5.92. The molecule has 0 unspecified atom stereocenters. The lowest BCUT2D eigenvalue weighted by atomic mass is 10.0. The Balaban J connectivity index is 2.00. The predicted octanol–water partition coefficient (Wildman–Crippen LogP) is 1.57. The van der Waals surface area contributed by atoms with Gasteiger partial charge in [-0.15, -0.1) is 0 Å². The number of benzene rings is 1. The molecule has 1 aromatic heterocycles. The highest BCUT2D eigenvalue weighted by Gasteiger charge is 2.38. The third-order valence-electron chi connectivity index (χ3n) is 3.82. The molecule has 3 rings (SSSR count). The van der Waals surface area contributed by atoms with Crippen molar-refractivity contribution in [3.8, 4) is 5.75 Å². The molecule has 1 amide bonds. The predicted molar refractivity (Wildman–Crippen MR) is 77.4 cm³/mol. The molecule has 6 nitrogen and oxygen atoms in total. The summed E-state index contributed by atoms with van der Waals surface area (Å²) in [6, 6.07) is 3.66. The molecule has 1 fully saturated rings. The fourth-order valence-corrected chi connectivity index (χ4v) is 2.81. The van der Waals surface area contributed by atoms with E-state index in [1.807, 2.05) is 0 Å². The van der Waals surface area contributed by atoms with Crippen molar-refractivity contribution in [2.75, 3.05) is 6.54 Å². The molecule has 0 aliphatic carbocycles. The van der Waals surface area contributed by atoms with Crippen molar-refractivity contribution < 1.29 is 28.2 Å². The number of rotatable bonds is 2. The SMILES string of the molecule is O=C(c1cc(O)cc(=O)o1)N1C[C@H](O)C[C@H]1c1cc(F)ccc1F. The number of β-amino-alcohol motifs (C(OH)–C–C–N with tert-alkyl or cyclic N) is 1. The van der Waals surface area contributed by atoms with E-state index in [4.69, 9.17) is 4.42 Å². The van der Waals surface area contributed by atoms with Crippen molar-refractivity contribution in [2.24, 2.45) is 0 Å². The van der Waals surface area contributed by atoms with Gasteiger partial charge in [0.05, 0.1) is 18.2 Å². The first kappa shape index (κ1) is 16.1. The van der Waals surface area contributed by atoms with Crippen LogP contribution in [0.3, 0.4) is 0 Å². The Morgan fingerprint density at radius 1 is 1.25 bits per heavy atom. The van der Waals surface area contributed by atoms with E-state index >= 15 is 0 Å². The standard InChI is InChI=1S/C16H13F2NO5/c17-8-1-2-12(18)11(3-8)13-4-10(21)7-19(13)16(23)14-5-9(20)6-15(22)24-14/h1-3,5-6,10,13,20-21H,4,7H2/t10-,13+/m1/s1. The molecule has 24 heavy (non-hydrogen) atoms. The van der Waals surface area contributed by atoms with Gasteiger partial charge in [0.25, 0.3) is 5.91 Å². The Hall–Kier alpha value is -2.74. The average molecular weight is 337 g/mol. The summed E-state index contributed by atoms with van der Waals surface area (Å²) in [7, 11) is 0. The van der Waals surface area contributed by atoms with E-state index in [9.17, 15) is 28.6 Å². The lowest BCUT2D eigenvalue weighted by molar-refractivity contribution is 0.0675. The van der Waals surface area contributed by atoms with Gasteiger partial charge in [-0.25, -0.2) is 13.6 Å². The number of carbonyl (C=O) groups excluding carboxylic acids is 1. The van der Waals surface area contributed by atoms with Gasteiger partial charge in [0.15, 0.2) is 5.76 Å². The first-order chi connectivity index (χ1) is 11.3. The van der Waals surface area contributed by atoms with Crippen LogP contribution in [0.4, 0.5) is 8.78 Å². The zero-order valence-corrected chi connectivity index (χ0v) is 12.3. The molecule has 0 spiro atoms. The molecule has 1 aliphatic rings. The zero-order valence-electron chi connectivity index (χ0n) is 12.3. The minimum Gasteiger partial charge on any atom is -0.508 e. The molecule has 1 saturated heterocycles. The number of halogens is 2. The minimum absolute atomic E-state index is 0.00909. The van der Waals surface area contributed by atoms with Gasteiger partial charge in [0.1, 0.15) is 17.4 Å². The molecule has 0 bridgehead atoms. The average Bonchev–Trinajstić information content (AvgIpc) is 2.89. The van der Waals surface area contributed by atoms with Gasteiger partial charge in [-0.05, 0) is 24.6 Å². The second-order valence-corrected chi connectivity index (χ2v) is 5.53. The van der Waals surface area contributed by atoms with Crippen molar-refractivity contribution in [1.29, 1.82) is 0 Å². The molecule has 0 saturated carbocycles. The summed E-state index contributed by atoms with van der Waals surface area (Å²) in [5.74, 6) is -3.11. The lowest BCUT2D eigenvalue weighted by Gasteiger charge is -2.24. The quantitative estimate of drug-likeness (QED) is 0.868. The summed E-state index contributed by atoms with van der Waals surface area (Å²) >= 11 is 0. The fraction of sp³-hybridized carbons (Fsp3) is 0.250. The van der Waals surface area contributed by atoms with Crippen LogP contribution in [0.25, 0.3) is 0 Å². The molecule has 0 radical (unpaired) electrons. The zero-order chi connectivity index (χ0) is 17.4. The topological polar surface area (TPSA) is 91.0 Å². The Morgan fingerprint density at radius 3 is 2.71 bits per heavy atom. The van der Waals surface area contributed by atoms with E-state index in [-0.39, 0.29) is 18.5 Å². The van der Waals surface area contributed by atoms with Crippen molar-refractivity contribution in [3.05, 3.63) is 63.7 Å². The smallest absolute Gasteiger partial charge is 0.340 e. The van der Waals surface area contributed by atoms with Crippen LogP contribution >= 0.6 is 0 Å². The van der Waals surface area contributed by atoms with Gasteiger partial charge >= 0.3 is 5.63 Å². The van der Waals surface area contributed by atoms with E-state index in [2.05, 4.69) is 0 Å². The second-order valence-electron chi connectivity index (χ2n) is 5.53. The first-order valence-electron chi connectivity index (χ1n) is 7.13. The van der Waals surface area contributed by atoms with Crippen molar-refractivity contribution in [1.82, 2.24) is 4.90 Å². The van der Waals surface area contributed by atoms with E-state index in [1.165, 1.54) is 0 Å². The number of aliphatic hydroxyl groups is 1. The van der Waals surface area contributed by atoms with Crippen LogP contribution in [0, 0.1) is 11.6 Å². The van der Waals surface area contributed by atoms with Crippen molar-refractivity contribution in [3.63, 3.8) is 0 Å². The van der Waals surface area contributed by atoms with Gasteiger partial charge in [0, 0.05) is 18.2 Å². The lowest BCUT2D eigenvalue weighted by Crippen LogP contribution is -2.32. The van der Waals surface area contributed by atoms with Gasteiger partial charge in [0.2, 0.25) is 0 Å². The van der Waals surface area contributed by atoms with Crippen LogP contribution in [0.2, 0.25) is 0 Å². The van der Waals surface area contributed by atoms with Crippen molar-refractivity contribution in [2.45, 2.75) is 18.6 Å². The number of hydrogen-bond acceptors (Lipinski definition) is 5. The second kappa shape index (κ2) is 6.04. The normalized spacial score (nSPS) is 20.4. The number of likely N-dealkylation sites (tertiary alicyclic amines) is 1. The summed E-state index contributed by atoms with van der Waals surface area (Å²) in [5.41, 5.74) is -1.01. The fourth-order valence-electron chi connectivity index (χ4n) is 2.81. The molecule has 8 heteroatoms. The van der Waals surface area contributed by atoms with E-state index in [0.717, 1.165) is 35.2 Å². The molecule has 1 aromatic carbocycles. The number of hydrogen-bond donors (Lipinski definition) is 2. The largest absolute Gasteiger partial charge is 0.508 e. The van der Waals surface area contributed by atoms with E-state index < -0.39 is 46.8 Å². The summed E-state index contributed by atoms with van der Waals surface area (Å²) in [6.07, 6.45) is -0.930. The van der Waals surface area contributed by atoms with Gasteiger partial charge in [-0.2, -0.15) is 0 Å². The highest BCUT2D eigenvalue weighted by atomic mass is 19.1. The molecule has 126 valence electrons. The maximum absolute atomic E-state index is 14.0. The molecular weight excluding hydrogens is 324 g/mol. The van der Waals surface area contributed by atoms with Crippen LogP contribution in [0.1, 0.15) is 28.6 Å².